The molecule has 18 heavy (non-hydrogen) atoms. The van der Waals surface area contributed by atoms with Gasteiger partial charge in [0.1, 0.15) is 0 Å². The quantitative estimate of drug-likeness (QED) is 0.834. The molecule has 1 aromatic rings. The second-order valence-electron chi connectivity index (χ2n) is 5.40. The molecule has 0 heterocycles. The molecular weight excluding hydrogens is 230 g/mol. The van der Waals surface area contributed by atoms with E-state index in [0.29, 0.717) is 5.56 Å². The Morgan fingerprint density at radius 3 is 2.72 bits per heavy atom. The molecule has 0 saturated carbocycles. The van der Waals surface area contributed by atoms with Gasteiger partial charge >= 0.3 is 5.97 Å². The number of fused-ring (bicyclic) bond motifs is 1. The number of carbonyl (C=O) groups is 1. The maximum absolute atomic E-state index is 11.0. The van der Waals surface area contributed by atoms with Crippen LogP contribution in [-0.2, 0) is 16.6 Å². The van der Waals surface area contributed by atoms with Crippen LogP contribution in [0.3, 0.4) is 0 Å². The lowest BCUT2D eigenvalue weighted by molar-refractivity contribution is 0.0505. The summed E-state index contributed by atoms with van der Waals surface area (Å²) in [6, 6.07) is 5.11. The molecule has 0 fully saturated rings. The predicted molar refractivity (Wildman–Crippen MR) is 68.9 cm³/mol. The van der Waals surface area contributed by atoms with Gasteiger partial charge in [0.15, 0.2) is 0 Å². The SMILES string of the molecule is CO[C@H]1Cc2ccc(C(=O)O)cc2C(C)(C)[C@@H]1N. The van der Waals surface area contributed by atoms with Crippen molar-refractivity contribution in [1.29, 1.82) is 0 Å². The monoisotopic (exact) mass is 249 g/mol. The Balaban J connectivity index is 2.53. The normalized spacial score (nSPS) is 25.6. The van der Waals surface area contributed by atoms with Crippen molar-refractivity contribution in [3.05, 3.63) is 34.9 Å². The van der Waals surface area contributed by atoms with Gasteiger partial charge in [0.05, 0.1) is 11.7 Å². The topological polar surface area (TPSA) is 72.5 Å². The van der Waals surface area contributed by atoms with Gasteiger partial charge in [0.25, 0.3) is 0 Å². The van der Waals surface area contributed by atoms with Gasteiger partial charge in [-0.15, -0.1) is 0 Å². The smallest absolute Gasteiger partial charge is 0.335 e. The maximum atomic E-state index is 11.0. The molecule has 0 aromatic heterocycles. The number of carboxylic acid groups (broad SMARTS) is 1. The first-order valence-electron chi connectivity index (χ1n) is 6.03. The largest absolute Gasteiger partial charge is 0.478 e. The van der Waals surface area contributed by atoms with E-state index in [9.17, 15) is 4.79 Å². The number of nitrogens with two attached hydrogens (primary N) is 1. The summed E-state index contributed by atoms with van der Waals surface area (Å²) in [5.41, 5.74) is 8.39. The molecule has 1 aromatic carbocycles. The van der Waals surface area contributed by atoms with Crippen molar-refractivity contribution in [1.82, 2.24) is 0 Å². The van der Waals surface area contributed by atoms with Gasteiger partial charge in [0.2, 0.25) is 0 Å². The minimum atomic E-state index is -0.906. The van der Waals surface area contributed by atoms with Crippen LogP contribution in [0.15, 0.2) is 18.2 Å². The van der Waals surface area contributed by atoms with E-state index < -0.39 is 5.97 Å². The van der Waals surface area contributed by atoms with E-state index in [4.69, 9.17) is 15.6 Å². The second kappa shape index (κ2) is 4.37. The first kappa shape index (κ1) is 13.1. The van der Waals surface area contributed by atoms with Crippen molar-refractivity contribution in [2.24, 2.45) is 5.73 Å². The van der Waals surface area contributed by atoms with Crippen molar-refractivity contribution in [2.45, 2.75) is 37.8 Å². The van der Waals surface area contributed by atoms with Gasteiger partial charge in [0, 0.05) is 25.0 Å². The first-order chi connectivity index (χ1) is 8.37. The zero-order chi connectivity index (χ0) is 13.5. The highest BCUT2D eigenvalue weighted by atomic mass is 16.5. The lowest BCUT2D eigenvalue weighted by Crippen LogP contribution is -2.54. The van der Waals surface area contributed by atoms with Gasteiger partial charge in [-0.25, -0.2) is 4.79 Å². The van der Waals surface area contributed by atoms with Gasteiger partial charge < -0.3 is 15.6 Å². The fourth-order valence-corrected chi connectivity index (χ4v) is 2.71. The zero-order valence-corrected chi connectivity index (χ0v) is 10.9. The Kier molecular flexibility index (Phi) is 3.17. The fourth-order valence-electron chi connectivity index (χ4n) is 2.71. The Labute approximate surface area is 107 Å². The average molecular weight is 249 g/mol. The lowest BCUT2D eigenvalue weighted by Gasteiger charge is -2.42. The molecule has 0 unspecified atom stereocenters. The summed E-state index contributed by atoms with van der Waals surface area (Å²) in [6.45, 7) is 4.07. The van der Waals surface area contributed by atoms with Crippen molar-refractivity contribution < 1.29 is 14.6 Å². The predicted octanol–water partition coefficient (Wildman–Crippen LogP) is 1.56. The minimum absolute atomic E-state index is 0.0248. The van der Waals surface area contributed by atoms with E-state index in [1.54, 1.807) is 19.2 Å². The summed E-state index contributed by atoms with van der Waals surface area (Å²) in [5, 5.41) is 9.06. The van der Waals surface area contributed by atoms with Gasteiger partial charge in [-0.2, -0.15) is 0 Å². The molecule has 0 saturated heterocycles. The van der Waals surface area contributed by atoms with E-state index in [1.165, 1.54) is 0 Å². The molecule has 0 spiro atoms. The third-order valence-electron chi connectivity index (χ3n) is 4.01. The highest BCUT2D eigenvalue weighted by Gasteiger charge is 2.40. The van der Waals surface area contributed by atoms with E-state index in [2.05, 4.69) is 0 Å². The zero-order valence-electron chi connectivity index (χ0n) is 10.9. The molecule has 0 bridgehead atoms. The second-order valence-corrected chi connectivity index (χ2v) is 5.40. The maximum Gasteiger partial charge on any atom is 0.335 e. The number of aromatic carboxylic acids is 1. The van der Waals surface area contributed by atoms with Crippen LogP contribution in [-0.4, -0.2) is 30.3 Å². The van der Waals surface area contributed by atoms with E-state index >= 15 is 0 Å². The third kappa shape index (κ3) is 1.91. The van der Waals surface area contributed by atoms with E-state index in [0.717, 1.165) is 17.5 Å². The number of carboxylic acids is 1. The molecule has 0 radical (unpaired) electrons. The number of methoxy groups -OCH3 is 1. The molecule has 4 heteroatoms. The molecule has 4 nitrogen and oxygen atoms in total. The summed E-state index contributed by atoms with van der Waals surface area (Å²) < 4.78 is 5.43. The van der Waals surface area contributed by atoms with Crippen LogP contribution in [0.4, 0.5) is 0 Å². The third-order valence-corrected chi connectivity index (χ3v) is 4.01. The summed E-state index contributed by atoms with van der Waals surface area (Å²) in [4.78, 5) is 11.0. The number of hydrogen-bond acceptors (Lipinski definition) is 3. The Hall–Kier alpha value is -1.39. The Morgan fingerprint density at radius 1 is 1.50 bits per heavy atom. The van der Waals surface area contributed by atoms with Gasteiger partial charge in [-0.3, -0.25) is 0 Å². The molecule has 2 atom stereocenters. The highest BCUT2D eigenvalue weighted by Crippen LogP contribution is 2.37. The van der Waals surface area contributed by atoms with Crippen LogP contribution in [0.2, 0.25) is 0 Å². The Morgan fingerprint density at radius 2 is 2.17 bits per heavy atom. The van der Waals surface area contributed by atoms with Crippen molar-refractivity contribution in [2.75, 3.05) is 7.11 Å². The van der Waals surface area contributed by atoms with Crippen LogP contribution < -0.4 is 5.73 Å². The average Bonchev–Trinajstić information content (AvgIpc) is 2.33. The van der Waals surface area contributed by atoms with Crippen LogP contribution in [0.25, 0.3) is 0 Å². The van der Waals surface area contributed by atoms with Crippen LogP contribution in [0.5, 0.6) is 0 Å². The molecule has 0 amide bonds. The molecular formula is C14H19NO3. The van der Waals surface area contributed by atoms with Crippen molar-refractivity contribution >= 4 is 5.97 Å². The van der Waals surface area contributed by atoms with Gasteiger partial charge in [-0.05, 0) is 23.3 Å². The summed E-state index contributed by atoms with van der Waals surface area (Å²) in [7, 11) is 1.66. The fraction of sp³-hybridized carbons (Fsp3) is 0.500. The van der Waals surface area contributed by atoms with E-state index in [-0.39, 0.29) is 17.6 Å². The number of rotatable bonds is 2. The molecule has 3 N–H and O–H groups in total. The number of benzene rings is 1. The van der Waals surface area contributed by atoms with Crippen LogP contribution in [0.1, 0.15) is 35.3 Å². The van der Waals surface area contributed by atoms with Crippen LogP contribution in [0, 0.1) is 0 Å². The van der Waals surface area contributed by atoms with E-state index in [1.807, 2.05) is 19.9 Å². The Bertz CT molecular complexity index is 482. The number of hydrogen-bond donors (Lipinski definition) is 2. The molecule has 2 rings (SSSR count). The summed E-state index contributed by atoms with van der Waals surface area (Å²) >= 11 is 0. The first-order valence-corrected chi connectivity index (χ1v) is 6.03. The van der Waals surface area contributed by atoms with Crippen molar-refractivity contribution in [3.8, 4) is 0 Å². The molecule has 0 aliphatic heterocycles. The van der Waals surface area contributed by atoms with Crippen molar-refractivity contribution in [3.63, 3.8) is 0 Å². The molecule has 1 aliphatic rings. The van der Waals surface area contributed by atoms with Crippen LogP contribution >= 0.6 is 0 Å². The summed E-state index contributed by atoms with van der Waals surface area (Å²) in [5.74, 6) is -0.906. The molecule has 1 aliphatic carbocycles. The molecule has 98 valence electrons. The standard InChI is InChI=1S/C14H19NO3/c1-14(2)10-6-9(13(16)17)5-4-8(10)7-11(18-3)12(14)15/h4-6,11-12H,7,15H2,1-3H3,(H,16,17)/t11-,12+/m0/s1. The lowest BCUT2D eigenvalue weighted by atomic mass is 9.68. The summed E-state index contributed by atoms with van der Waals surface area (Å²) in [6.07, 6.45) is 0.708. The van der Waals surface area contributed by atoms with Gasteiger partial charge in [-0.1, -0.05) is 19.9 Å². The highest BCUT2D eigenvalue weighted by molar-refractivity contribution is 5.88. The number of ether oxygens (including phenoxy) is 1. The minimum Gasteiger partial charge on any atom is -0.478 e.